The first-order valence-electron chi connectivity index (χ1n) is 10.4. The summed E-state index contributed by atoms with van der Waals surface area (Å²) in [6, 6.07) is 12.5. The third-order valence-electron chi connectivity index (χ3n) is 5.03. The Labute approximate surface area is 197 Å². The smallest absolute Gasteiger partial charge is 0.338 e. The summed E-state index contributed by atoms with van der Waals surface area (Å²) in [6.45, 7) is 6.04. The van der Waals surface area contributed by atoms with Crippen LogP contribution in [0.4, 0.5) is 11.4 Å². The maximum absolute atomic E-state index is 13.3. The topological polar surface area (TPSA) is 88.2 Å². The highest BCUT2D eigenvalue weighted by Gasteiger charge is 2.43. The molecule has 1 fully saturated rings. The first kappa shape index (κ1) is 23.9. The Morgan fingerprint density at radius 1 is 1.15 bits per heavy atom. The van der Waals surface area contributed by atoms with Crippen molar-refractivity contribution in [2.45, 2.75) is 19.4 Å². The molecule has 1 atom stereocenters. The Kier molecular flexibility index (Phi) is 7.78. The van der Waals surface area contributed by atoms with Crippen LogP contribution in [0, 0.1) is 0 Å². The number of nitrogens with one attached hydrogen (secondary N) is 1. The molecule has 0 aromatic heterocycles. The molecule has 172 valence electrons. The molecule has 2 aromatic rings. The van der Waals surface area contributed by atoms with Gasteiger partial charge >= 0.3 is 5.97 Å². The normalized spacial score (nSPS) is 15.4. The molecule has 33 heavy (non-hydrogen) atoms. The monoisotopic (exact) mass is 467 g/mol. The highest BCUT2D eigenvalue weighted by atomic mass is 32.1. The number of carbonyl (C=O) groups is 3. The van der Waals surface area contributed by atoms with Crippen LogP contribution in [-0.2, 0) is 14.3 Å². The van der Waals surface area contributed by atoms with Crippen LogP contribution in [0.2, 0.25) is 0 Å². The van der Waals surface area contributed by atoms with Gasteiger partial charge < -0.3 is 19.7 Å². The van der Waals surface area contributed by atoms with Crippen molar-refractivity contribution < 1.29 is 23.9 Å². The lowest BCUT2D eigenvalue weighted by atomic mass is 10.1. The van der Waals surface area contributed by atoms with E-state index in [2.05, 4.69) is 11.9 Å². The van der Waals surface area contributed by atoms with Crippen molar-refractivity contribution >= 4 is 46.5 Å². The number of benzene rings is 2. The summed E-state index contributed by atoms with van der Waals surface area (Å²) in [5, 5.41) is 3.06. The van der Waals surface area contributed by atoms with Crippen LogP contribution in [0.1, 0.15) is 23.7 Å². The van der Waals surface area contributed by atoms with Crippen molar-refractivity contribution in [3.8, 4) is 5.75 Å². The Balaban J connectivity index is 1.76. The lowest BCUT2D eigenvalue weighted by Gasteiger charge is -2.22. The lowest BCUT2D eigenvalue weighted by molar-refractivity contribution is -0.124. The average molecular weight is 468 g/mol. The number of nitrogens with zero attached hydrogens (tertiary/aromatic N) is 2. The third kappa shape index (κ3) is 5.38. The van der Waals surface area contributed by atoms with E-state index in [0.29, 0.717) is 29.2 Å². The van der Waals surface area contributed by atoms with Crippen LogP contribution >= 0.6 is 12.2 Å². The van der Waals surface area contributed by atoms with Gasteiger partial charge in [-0.1, -0.05) is 6.08 Å². The number of amides is 2. The van der Waals surface area contributed by atoms with Gasteiger partial charge in [-0.25, -0.2) is 4.79 Å². The van der Waals surface area contributed by atoms with Crippen molar-refractivity contribution in [3.05, 3.63) is 66.7 Å². The number of esters is 1. The van der Waals surface area contributed by atoms with E-state index in [0.717, 1.165) is 0 Å². The largest absolute Gasteiger partial charge is 0.497 e. The van der Waals surface area contributed by atoms with E-state index in [4.69, 9.17) is 21.7 Å². The molecule has 0 radical (unpaired) electrons. The maximum atomic E-state index is 13.3. The minimum atomic E-state index is -0.779. The van der Waals surface area contributed by atoms with Gasteiger partial charge in [0.15, 0.2) is 5.11 Å². The minimum absolute atomic E-state index is 0.0871. The molecule has 2 amide bonds. The summed E-state index contributed by atoms with van der Waals surface area (Å²) in [6.07, 6.45) is 1.54. The molecule has 8 nitrogen and oxygen atoms in total. The molecule has 2 aromatic carbocycles. The van der Waals surface area contributed by atoms with Crippen LogP contribution < -0.4 is 15.0 Å². The number of anilines is 2. The first-order valence-corrected chi connectivity index (χ1v) is 10.8. The summed E-state index contributed by atoms with van der Waals surface area (Å²) < 4.78 is 10.1. The fourth-order valence-corrected chi connectivity index (χ4v) is 3.84. The van der Waals surface area contributed by atoms with E-state index >= 15 is 0 Å². The van der Waals surface area contributed by atoms with E-state index in [9.17, 15) is 14.4 Å². The highest BCUT2D eigenvalue weighted by Crippen LogP contribution is 2.28. The van der Waals surface area contributed by atoms with Crippen LogP contribution in [0.15, 0.2) is 61.2 Å². The second-order valence-corrected chi connectivity index (χ2v) is 7.53. The van der Waals surface area contributed by atoms with Crippen molar-refractivity contribution in [3.63, 3.8) is 0 Å². The molecule has 1 aliphatic heterocycles. The summed E-state index contributed by atoms with van der Waals surface area (Å²) in [5.74, 6) is -0.419. The molecule has 0 aliphatic carbocycles. The van der Waals surface area contributed by atoms with Crippen LogP contribution in [0.3, 0.4) is 0 Å². The SMILES string of the molecule is C=CCN1C(=S)N(c2ccc(C(=O)OCC)cc2)C(=O)C1CC(=O)Nc1ccc(OC)cc1. The summed E-state index contributed by atoms with van der Waals surface area (Å²) >= 11 is 5.55. The molecule has 0 bridgehead atoms. The molecule has 1 unspecified atom stereocenters. The minimum Gasteiger partial charge on any atom is -0.497 e. The van der Waals surface area contributed by atoms with E-state index in [1.54, 1.807) is 73.5 Å². The number of methoxy groups -OCH3 is 1. The van der Waals surface area contributed by atoms with Crippen LogP contribution in [0.25, 0.3) is 0 Å². The molecule has 9 heteroatoms. The zero-order chi connectivity index (χ0) is 24.0. The van der Waals surface area contributed by atoms with Gasteiger partial charge in [-0.2, -0.15) is 0 Å². The number of thiocarbonyl (C=S) groups is 1. The molecular weight excluding hydrogens is 442 g/mol. The molecular formula is C24H25N3O5S. The van der Waals surface area contributed by atoms with E-state index in [1.165, 1.54) is 4.90 Å². The Bertz CT molecular complexity index is 1050. The Hall–Kier alpha value is -3.72. The molecule has 1 N–H and O–H groups in total. The summed E-state index contributed by atoms with van der Waals surface area (Å²) in [7, 11) is 1.56. The van der Waals surface area contributed by atoms with Crippen molar-refractivity contribution in [1.82, 2.24) is 4.90 Å². The number of hydrogen-bond donors (Lipinski definition) is 1. The predicted molar refractivity (Wildman–Crippen MR) is 129 cm³/mol. The van der Waals surface area contributed by atoms with Gasteiger partial charge in [0.05, 0.1) is 31.4 Å². The number of carbonyl (C=O) groups excluding carboxylic acids is 3. The zero-order valence-electron chi connectivity index (χ0n) is 18.4. The van der Waals surface area contributed by atoms with Crippen LogP contribution in [-0.4, -0.2) is 54.1 Å². The summed E-state index contributed by atoms with van der Waals surface area (Å²) in [5.41, 5.74) is 1.47. The van der Waals surface area contributed by atoms with Crippen LogP contribution in [0.5, 0.6) is 5.75 Å². The fraction of sp³-hybridized carbons (Fsp3) is 0.250. The quantitative estimate of drug-likeness (QED) is 0.344. The van der Waals surface area contributed by atoms with E-state index < -0.39 is 12.0 Å². The molecule has 1 heterocycles. The zero-order valence-corrected chi connectivity index (χ0v) is 19.3. The highest BCUT2D eigenvalue weighted by molar-refractivity contribution is 7.80. The van der Waals surface area contributed by atoms with Gasteiger partial charge in [-0.15, -0.1) is 6.58 Å². The number of hydrogen-bond acceptors (Lipinski definition) is 6. The molecule has 1 saturated heterocycles. The molecule has 0 spiro atoms. The van der Waals surface area contributed by atoms with Gasteiger partial charge in [0.25, 0.3) is 5.91 Å². The Morgan fingerprint density at radius 2 is 1.82 bits per heavy atom. The lowest BCUT2D eigenvalue weighted by Crippen LogP contribution is -2.37. The van der Waals surface area contributed by atoms with Crippen molar-refractivity contribution in [1.29, 1.82) is 0 Å². The fourth-order valence-electron chi connectivity index (χ4n) is 3.44. The first-order chi connectivity index (χ1) is 15.9. The van der Waals surface area contributed by atoms with E-state index in [1.807, 2.05) is 0 Å². The maximum Gasteiger partial charge on any atom is 0.338 e. The third-order valence-corrected chi connectivity index (χ3v) is 5.45. The van der Waals surface area contributed by atoms with Gasteiger partial charge in [-0.05, 0) is 67.7 Å². The predicted octanol–water partition coefficient (Wildman–Crippen LogP) is 3.39. The molecule has 1 aliphatic rings. The second kappa shape index (κ2) is 10.7. The van der Waals surface area contributed by atoms with Gasteiger partial charge in [0.2, 0.25) is 5.91 Å². The van der Waals surface area contributed by atoms with Gasteiger partial charge in [-0.3, -0.25) is 14.5 Å². The second-order valence-electron chi connectivity index (χ2n) is 7.16. The molecule has 0 saturated carbocycles. The summed E-state index contributed by atoms with van der Waals surface area (Å²) in [4.78, 5) is 40.9. The van der Waals surface area contributed by atoms with Gasteiger partial charge in [0.1, 0.15) is 11.8 Å². The van der Waals surface area contributed by atoms with Crippen molar-refractivity contribution in [2.75, 3.05) is 30.5 Å². The van der Waals surface area contributed by atoms with Gasteiger partial charge in [0, 0.05) is 12.2 Å². The standard InChI is InChI=1S/C24H25N3O5S/c1-4-14-26-20(15-21(28)25-17-8-12-19(31-3)13-9-17)22(29)27(24(26)33)18-10-6-16(7-11-18)23(30)32-5-2/h4,6-13,20H,1,5,14-15H2,2-3H3,(H,25,28). The molecule has 3 rings (SSSR count). The van der Waals surface area contributed by atoms with Crippen molar-refractivity contribution in [2.24, 2.45) is 0 Å². The average Bonchev–Trinajstić information content (AvgIpc) is 3.04. The van der Waals surface area contributed by atoms with E-state index in [-0.39, 0.29) is 30.0 Å². The number of rotatable bonds is 9. The number of ether oxygens (including phenoxy) is 2. The Morgan fingerprint density at radius 3 is 2.39 bits per heavy atom.